The number of nitrogens with one attached hydrogen (secondary N) is 1. The van der Waals surface area contributed by atoms with Gasteiger partial charge in [-0.05, 0) is 43.3 Å². The van der Waals surface area contributed by atoms with E-state index in [9.17, 15) is 8.78 Å². The molecule has 0 atom stereocenters. The maximum Gasteiger partial charge on any atom is 0.143 e. The van der Waals surface area contributed by atoms with Crippen molar-refractivity contribution < 1.29 is 13.0 Å². The molecule has 3 aromatic rings. The highest BCUT2D eigenvalue weighted by Gasteiger charge is 2.11. The minimum absolute atomic E-state index is 0.141. The van der Waals surface area contributed by atoms with Crippen LogP contribution in [-0.4, -0.2) is 4.98 Å². The van der Waals surface area contributed by atoms with E-state index in [1.54, 1.807) is 6.07 Å². The lowest BCUT2D eigenvalue weighted by Gasteiger charge is -2.05. The highest BCUT2D eigenvalue weighted by molar-refractivity contribution is 7.95. The zero-order chi connectivity index (χ0) is 14.1. The van der Waals surface area contributed by atoms with Crippen LogP contribution in [0.15, 0.2) is 47.4 Å². The molecule has 0 radical (unpaired) electrons. The second-order valence-electron chi connectivity index (χ2n) is 4.42. The number of rotatable bonds is 3. The standard InChI is InChI=1S/C15H11F2NOS/c1-9-7-10-8-11(5-6-14(10)18-9)19-20-15-12(16)3-2-4-13(15)17/h2-8,18H,1H3. The van der Waals surface area contributed by atoms with Crippen molar-refractivity contribution in [1.29, 1.82) is 0 Å². The number of H-pyrrole nitrogens is 1. The topological polar surface area (TPSA) is 25.0 Å². The van der Waals surface area contributed by atoms with E-state index in [4.69, 9.17) is 4.18 Å². The fourth-order valence-electron chi connectivity index (χ4n) is 1.96. The Morgan fingerprint density at radius 1 is 1.05 bits per heavy atom. The summed E-state index contributed by atoms with van der Waals surface area (Å²) in [5, 5.41) is 0.995. The Balaban J connectivity index is 1.83. The largest absolute Gasteiger partial charge is 0.420 e. The first-order valence-corrected chi connectivity index (χ1v) is 6.75. The van der Waals surface area contributed by atoms with Crippen LogP contribution < -0.4 is 4.18 Å². The monoisotopic (exact) mass is 291 g/mol. The van der Waals surface area contributed by atoms with Crippen molar-refractivity contribution in [1.82, 2.24) is 4.98 Å². The summed E-state index contributed by atoms with van der Waals surface area (Å²) in [5.41, 5.74) is 2.04. The van der Waals surface area contributed by atoms with Gasteiger partial charge in [0.05, 0.1) is 12.0 Å². The first kappa shape index (κ1) is 13.0. The molecule has 20 heavy (non-hydrogen) atoms. The quantitative estimate of drug-likeness (QED) is 0.698. The summed E-state index contributed by atoms with van der Waals surface area (Å²) in [6, 6.07) is 11.2. The molecule has 1 aromatic heterocycles. The summed E-state index contributed by atoms with van der Waals surface area (Å²) >= 11 is 0.682. The maximum atomic E-state index is 13.5. The minimum atomic E-state index is -0.631. The normalized spacial score (nSPS) is 10.9. The Labute approximate surface area is 119 Å². The summed E-state index contributed by atoms with van der Waals surface area (Å²) in [6.07, 6.45) is 0. The zero-order valence-electron chi connectivity index (χ0n) is 10.6. The van der Waals surface area contributed by atoms with Gasteiger partial charge in [0.1, 0.15) is 22.3 Å². The van der Waals surface area contributed by atoms with E-state index < -0.39 is 11.6 Å². The molecule has 0 unspecified atom stereocenters. The fourth-order valence-corrected chi connectivity index (χ4v) is 2.54. The van der Waals surface area contributed by atoms with E-state index >= 15 is 0 Å². The molecule has 1 heterocycles. The molecule has 1 N–H and O–H groups in total. The molecule has 0 amide bonds. The molecule has 0 bridgehead atoms. The van der Waals surface area contributed by atoms with Gasteiger partial charge < -0.3 is 9.17 Å². The van der Waals surface area contributed by atoms with Crippen LogP contribution in [0.1, 0.15) is 5.69 Å². The van der Waals surface area contributed by atoms with Crippen molar-refractivity contribution in [2.75, 3.05) is 0 Å². The lowest BCUT2D eigenvalue weighted by molar-refractivity contribution is 0.531. The molecule has 0 aliphatic carbocycles. The van der Waals surface area contributed by atoms with Gasteiger partial charge in [-0.3, -0.25) is 0 Å². The van der Waals surface area contributed by atoms with E-state index in [1.807, 2.05) is 25.1 Å². The Morgan fingerprint density at radius 3 is 2.55 bits per heavy atom. The molecule has 0 spiro atoms. The van der Waals surface area contributed by atoms with Crippen molar-refractivity contribution in [3.63, 3.8) is 0 Å². The molecule has 0 saturated carbocycles. The van der Waals surface area contributed by atoms with E-state index in [1.165, 1.54) is 18.2 Å². The number of fused-ring (bicyclic) bond motifs is 1. The van der Waals surface area contributed by atoms with Crippen LogP contribution in [0.4, 0.5) is 8.78 Å². The number of benzene rings is 2. The van der Waals surface area contributed by atoms with Crippen LogP contribution in [0.5, 0.6) is 5.75 Å². The number of aromatic amines is 1. The van der Waals surface area contributed by atoms with E-state index in [0.717, 1.165) is 16.6 Å². The molecular weight excluding hydrogens is 280 g/mol. The van der Waals surface area contributed by atoms with Gasteiger partial charge in [0.2, 0.25) is 0 Å². The van der Waals surface area contributed by atoms with Crippen LogP contribution >= 0.6 is 12.0 Å². The second-order valence-corrected chi connectivity index (χ2v) is 5.16. The van der Waals surface area contributed by atoms with Gasteiger partial charge in [0.15, 0.2) is 0 Å². The lowest BCUT2D eigenvalue weighted by Crippen LogP contribution is -1.90. The average molecular weight is 291 g/mol. The molecule has 102 valence electrons. The summed E-state index contributed by atoms with van der Waals surface area (Å²) < 4.78 is 32.3. The van der Waals surface area contributed by atoms with Gasteiger partial charge in [0.25, 0.3) is 0 Å². The third-order valence-electron chi connectivity index (χ3n) is 2.87. The Bertz CT molecular complexity index is 749. The maximum absolute atomic E-state index is 13.5. The van der Waals surface area contributed by atoms with Crippen molar-refractivity contribution in [3.8, 4) is 5.75 Å². The molecule has 3 rings (SSSR count). The Hall–Kier alpha value is -2.01. The smallest absolute Gasteiger partial charge is 0.143 e. The van der Waals surface area contributed by atoms with Crippen molar-refractivity contribution in [2.45, 2.75) is 11.8 Å². The van der Waals surface area contributed by atoms with Crippen LogP contribution in [0.2, 0.25) is 0 Å². The first-order chi connectivity index (χ1) is 9.63. The SMILES string of the molecule is Cc1cc2cc(OSc3c(F)cccc3F)ccc2[nH]1. The fraction of sp³-hybridized carbons (Fsp3) is 0.0667. The predicted octanol–water partition coefficient (Wildman–Crippen LogP) is 4.84. The minimum Gasteiger partial charge on any atom is -0.420 e. The lowest BCUT2D eigenvalue weighted by atomic mass is 10.2. The molecule has 0 fully saturated rings. The highest BCUT2D eigenvalue weighted by Crippen LogP contribution is 2.30. The molecule has 0 aliphatic heterocycles. The number of aryl methyl sites for hydroxylation is 1. The summed E-state index contributed by atoms with van der Waals surface area (Å²) in [7, 11) is 0. The Kier molecular flexibility index (Phi) is 3.36. The molecule has 2 aromatic carbocycles. The van der Waals surface area contributed by atoms with E-state index in [-0.39, 0.29) is 4.90 Å². The molecule has 0 saturated heterocycles. The Morgan fingerprint density at radius 2 is 1.80 bits per heavy atom. The van der Waals surface area contributed by atoms with Crippen molar-refractivity contribution in [3.05, 3.63) is 59.8 Å². The van der Waals surface area contributed by atoms with Crippen molar-refractivity contribution >= 4 is 22.9 Å². The zero-order valence-corrected chi connectivity index (χ0v) is 11.4. The van der Waals surface area contributed by atoms with Gasteiger partial charge in [-0.15, -0.1) is 0 Å². The van der Waals surface area contributed by atoms with Crippen LogP contribution in [0, 0.1) is 18.6 Å². The summed E-state index contributed by atoms with van der Waals surface area (Å²) in [4.78, 5) is 3.05. The highest BCUT2D eigenvalue weighted by atomic mass is 32.2. The van der Waals surface area contributed by atoms with Crippen molar-refractivity contribution in [2.24, 2.45) is 0 Å². The number of halogens is 2. The molecule has 5 heteroatoms. The first-order valence-electron chi connectivity index (χ1n) is 6.01. The van der Waals surface area contributed by atoms with Gasteiger partial charge in [-0.25, -0.2) is 8.78 Å². The van der Waals surface area contributed by atoms with Gasteiger partial charge >= 0.3 is 0 Å². The number of hydrogen-bond donors (Lipinski definition) is 1. The third kappa shape index (κ3) is 2.49. The summed E-state index contributed by atoms with van der Waals surface area (Å²) in [5.74, 6) is -0.716. The summed E-state index contributed by atoms with van der Waals surface area (Å²) in [6.45, 7) is 1.96. The molecular formula is C15H11F2NOS. The van der Waals surface area contributed by atoms with Gasteiger partial charge in [-0.1, -0.05) is 6.07 Å². The number of aromatic nitrogens is 1. The molecule has 2 nitrogen and oxygen atoms in total. The van der Waals surface area contributed by atoms with E-state index in [0.29, 0.717) is 17.8 Å². The second kappa shape index (κ2) is 5.17. The molecule has 0 aliphatic rings. The van der Waals surface area contributed by atoms with E-state index in [2.05, 4.69) is 4.98 Å². The van der Waals surface area contributed by atoms with Gasteiger partial charge in [0, 0.05) is 16.6 Å². The predicted molar refractivity (Wildman–Crippen MR) is 75.9 cm³/mol. The third-order valence-corrected chi connectivity index (χ3v) is 3.70. The van der Waals surface area contributed by atoms with Crippen LogP contribution in [0.3, 0.4) is 0 Å². The van der Waals surface area contributed by atoms with Crippen LogP contribution in [0.25, 0.3) is 10.9 Å². The average Bonchev–Trinajstić information content (AvgIpc) is 2.77. The van der Waals surface area contributed by atoms with Gasteiger partial charge in [-0.2, -0.15) is 0 Å². The van der Waals surface area contributed by atoms with Crippen LogP contribution in [-0.2, 0) is 0 Å². The number of hydrogen-bond acceptors (Lipinski definition) is 2.